The topological polar surface area (TPSA) is 9.23 Å². The standard InChI is InChI=1S/C14H6Cl3F5O/c15-9-5-11(17)10(16)4-7(9)6-1-2-12(23-13(18)19)8(3-6)14(20,21)22/h1-5,13H. The molecule has 2 aromatic rings. The van der Waals surface area contributed by atoms with Crippen molar-refractivity contribution in [2.24, 2.45) is 0 Å². The summed E-state index contributed by atoms with van der Waals surface area (Å²) in [6, 6.07) is 5.18. The van der Waals surface area contributed by atoms with Gasteiger partial charge in [0.2, 0.25) is 0 Å². The Morgan fingerprint density at radius 2 is 1.48 bits per heavy atom. The van der Waals surface area contributed by atoms with Crippen molar-refractivity contribution in [3.05, 3.63) is 51.0 Å². The maximum absolute atomic E-state index is 13.0. The van der Waals surface area contributed by atoms with Crippen LogP contribution in [0.1, 0.15) is 5.56 Å². The summed E-state index contributed by atoms with van der Waals surface area (Å²) in [6.07, 6.45) is -4.89. The average molecular weight is 392 g/mol. The fourth-order valence-corrected chi connectivity index (χ4v) is 2.52. The normalized spacial score (nSPS) is 11.9. The minimum absolute atomic E-state index is 0.0301. The first-order valence-electron chi connectivity index (χ1n) is 5.90. The van der Waals surface area contributed by atoms with Crippen molar-refractivity contribution < 1.29 is 26.7 Å². The number of ether oxygens (including phenoxy) is 1. The molecule has 0 bridgehead atoms. The molecule has 0 N–H and O–H groups in total. The third-order valence-corrected chi connectivity index (χ3v) is 3.86. The Morgan fingerprint density at radius 1 is 0.870 bits per heavy atom. The molecular formula is C14H6Cl3F5O. The quantitative estimate of drug-likeness (QED) is 0.407. The third kappa shape index (κ3) is 4.19. The molecule has 0 saturated carbocycles. The second kappa shape index (κ2) is 6.71. The van der Waals surface area contributed by atoms with E-state index in [1.54, 1.807) is 0 Å². The van der Waals surface area contributed by atoms with Gasteiger partial charge in [0, 0.05) is 10.6 Å². The van der Waals surface area contributed by atoms with Crippen molar-refractivity contribution >= 4 is 34.8 Å². The van der Waals surface area contributed by atoms with Gasteiger partial charge in [0.25, 0.3) is 0 Å². The van der Waals surface area contributed by atoms with E-state index in [-0.39, 0.29) is 26.2 Å². The van der Waals surface area contributed by atoms with Crippen molar-refractivity contribution in [3.63, 3.8) is 0 Å². The third-order valence-electron chi connectivity index (χ3n) is 2.82. The van der Waals surface area contributed by atoms with E-state index >= 15 is 0 Å². The van der Waals surface area contributed by atoms with E-state index in [4.69, 9.17) is 34.8 Å². The molecule has 0 radical (unpaired) electrons. The summed E-state index contributed by atoms with van der Waals surface area (Å²) in [5.74, 6) is -0.979. The maximum atomic E-state index is 13.0. The van der Waals surface area contributed by atoms with E-state index in [0.29, 0.717) is 6.07 Å². The van der Waals surface area contributed by atoms with Gasteiger partial charge in [0.05, 0.1) is 15.6 Å². The summed E-state index contributed by atoms with van der Waals surface area (Å²) in [5, 5.41) is 0.289. The number of halogens is 8. The minimum Gasteiger partial charge on any atom is -0.434 e. The largest absolute Gasteiger partial charge is 0.434 e. The molecule has 0 amide bonds. The Kier molecular flexibility index (Phi) is 5.28. The number of benzene rings is 2. The van der Waals surface area contributed by atoms with Gasteiger partial charge in [-0.3, -0.25) is 0 Å². The lowest BCUT2D eigenvalue weighted by Crippen LogP contribution is -2.11. The molecule has 23 heavy (non-hydrogen) atoms. The second-order valence-electron chi connectivity index (χ2n) is 4.33. The Hall–Kier alpha value is -1.24. The van der Waals surface area contributed by atoms with Gasteiger partial charge in [0.15, 0.2) is 0 Å². The zero-order valence-corrected chi connectivity index (χ0v) is 13.2. The summed E-state index contributed by atoms with van der Waals surface area (Å²) in [4.78, 5) is 0. The smallest absolute Gasteiger partial charge is 0.419 e. The van der Waals surface area contributed by atoms with Crippen molar-refractivity contribution in [1.82, 2.24) is 0 Å². The van der Waals surface area contributed by atoms with Gasteiger partial charge in [-0.25, -0.2) is 0 Å². The fourth-order valence-electron chi connectivity index (χ4n) is 1.86. The van der Waals surface area contributed by atoms with E-state index in [1.165, 1.54) is 18.2 Å². The lowest BCUT2D eigenvalue weighted by atomic mass is 10.0. The van der Waals surface area contributed by atoms with Gasteiger partial charge in [-0.05, 0) is 29.8 Å². The predicted molar refractivity (Wildman–Crippen MR) is 78.5 cm³/mol. The lowest BCUT2D eigenvalue weighted by molar-refractivity contribution is -0.141. The molecular weight excluding hydrogens is 386 g/mol. The Balaban J connectivity index is 2.60. The summed E-state index contributed by atoms with van der Waals surface area (Å²) in [7, 11) is 0. The highest BCUT2D eigenvalue weighted by atomic mass is 35.5. The van der Waals surface area contributed by atoms with Gasteiger partial charge >= 0.3 is 12.8 Å². The fraction of sp³-hybridized carbons (Fsp3) is 0.143. The molecule has 2 rings (SSSR count). The number of alkyl halides is 5. The van der Waals surface area contributed by atoms with Crippen molar-refractivity contribution in [1.29, 1.82) is 0 Å². The molecule has 0 aliphatic rings. The summed E-state index contributed by atoms with van der Waals surface area (Å²) in [6.45, 7) is -3.38. The molecule has 0 heterocycles. The molecule has 2 aromatic carbocycles. The number of hydrogen-bond donors (Lipinski definition) is 0. The Bertz CT molecular complexity index is 731. The predicted octanol–water partition coefficient (Wildman–Crippen LogP) is 6.93. The van der Waals surface area contributed by atoms with Gasteiger partial charge in [-0.15, -0.1) is 0 Å². The van der Waals surface area contributed by atoms with Gasteiger partial charge in [0.1, 0.15) is 5.75 Å². The molecule has 0 aliphatic carbocycles. The van der Waals surface area contributed by atoms with Crippen LogP contribution >= 0.6 is 34.8 Å². The van der Waals surface area contributed by atoms with E-state index in [9.17, 15) is 22.0 Å². The van der Waals surface area contributed by atoms with E-state index < -0.39 is 24.1 Å². The van der Waals surface area contributed by atoms with Crippen molar-refractivity contribution in [3.8, 4) is 16.9 Å². The molecule has 1 nitrogen and oxygen atoms in total. The minimum atomic E-state index is -4.89. The second-order valence-corrected chi connectivity index (χ2v) is 5.55. The van der Waals surface area contributed by atoms with Crippen LogP contribution < -0.4 is 4.74 Å². The van der Waals surface area contributed by atoms with E-state index in [2.05, 4.69) is 4.74 Å². The first kappa shape index (κ1) is 18.1. The summed E-state index contributed by atoms with van der Waals surface area (Å²) in [5.41, 5.74) is -1.14. The monoisotopic (exact) mass is 390 g/mol. The zero-order valence-electron chi connectivity index (χ0n) is 10.9. The molecule has 0 unspecified atom stereocenters. The van der Waals surface area contributed by atoms with Crippen molar-refractivity contribution in [2.45, 2.75) is 12.8 Å². The van der Waals surface area contributed by atoms with Crippen LogP contribution in [-0.4, -0.2) is 6.61 Å². The zero-order chi connectivity index (χ0) is 17.4. The molecule has 0 fully saturated rings. The molecule has 0 aromatic heterocycles. The van der Waals surface area contributed by atoms with Crippen LogP contribution in [0.2, 0.25) is 15.1 Å². The van der Waals surface area contributed by atoms with Gasteiger partial charge in [-0.2, -0.15) is 22.0 Å². The van der Waals surface area contributed by atoms with Gasteiger partial charge < -0.3 is 4.74 Å². The van der Waals surface area contributed by atoms with Crippen LogP contribution in [0.25, 0.3) is 11.1 Å². The lowest BCUT2D eigenvalue weighted by Gasteiger charge is -2.15. The van der Waals surface area contributed by atoms with Crippen LogP contribution in [0.4, 0.5) is 22.0 Å². The molecule has 0 spiro atoms. The average Bonchev–Trinajstić information content (AvgIpc) is 2.41. The van der Waals surface area contributed by atoms with Crippen LogP contribution in [0, 0.1) is 0 Å². The van der Waals surface area contributed by atoms with Crippen LogP contribution in [0.15, 0.2) is 30.3 Å². The molecule has 0 atom stereocenters. The van der Waals surface area contributed by atoms with Crippen LogP contribution in [-0.2, 0) is 6.18 Å². The van der Waals surface area contributed by atoms with E-state index in [0.717, 1.165) is 6.07 Å². The molecule has 0 aliphatic heterocycles. The maximum Gasteiger partial charge on any atom is 0.419 e. The summed E-state index contributed by atoms with van der Waals surface area (Å²) < 4.78 is 67.5. The SMILES string of the molecule is FC(F)Oc1ccc(-c2cc(Cl)c(Cl)cc2Cl)cc1C(F)(F)F. The van der Waals surface area contributed by atoms with Gasteiger partial charge in [-0.1, -0.05) is 40.9 Å². The Morgan fingerprint density at radius 3 is 2.04 bits per heavy atom. The van der Waals surface area contributed by atoms with Crippen LogP contribution in [0.3, 0.4) is 0 Å². The highest BCUT2D eigenvalue weighted by molar-refractivity contribution is 6.44. The highest BCUT2D eigenvalue weighted by Gasteiger charge is 2.35. The number of rotatable bonds is 3. The molecule has 124 valence electrons. The number of hydrogen-bond acceptors (Lipinski definition) is 1. The molecule has 9 heteroatoms. The van der Waals surface area contributed by atoms with Crippen molar-refractivity contribution in [2.75, 3.05) is 0 Å². The molecule has 0 saturated heterocycles. The van der Waals surface area contributed by atoms with Crippen LogP contribution in [0.5, 0.6) is 5.75 Å². The highest BCUT2D eigenvalue weighted by Crippen LogP contribution is 2.41. The first-order valence-corrected chi connectivity index (χ1v) is 7.04. The Labute approximate surface area is 142 Å². The van der Waals surface area contributed by atoms with E-state index in [1.807, 2.05) is 0 Å². The first-order chi connectivity index (χ1) is 10.6. The summed E-state index contributed by atoms with van der Waals surface area (Å²) >= 11 is 17.5.